The van der Waals surface area contributed by atoms with Crippen LogP contribution in [0.2, 0.25) is 0 Å². The zero-order chi connectivity index (χ0) is 15.4. The lowest BCUT2D eigenvalue weighted by molar-refractivity contribution is 0.194. The molecule has 4 atom stereocenters. The number of allylic oxidation sites excluding steroid dienone is 2. The van der Waals surface area contributed by atoms with Crippen LogP contribution >= 0.6 is 0 Å². The Morgan fingerprint density at radius 3 is 1.86 bits per heavy atom. The second-order valence-electron chi connectivity index (χ2n) is 8.14. The van der Waals surface area contributed by atoms with Crippen molar-refractivity contribution < 1.29 is 0 Å². The van der Waals surface area contributed by atoms with Gasteiger partial charge in [0.1, 0.15) is 0 Å². The van der Waals surface area contributed by atoms with Gasteiger partial charge in [-0.2, -0.15) is 0 Å². The Kier molecular flexibility index (Phi) is 5.98. The van der Waals surface area contributed by atoms with Gasteiger partial charge in [0.05, 0.1) is 0 Å². The lowest BCUT2D eigenvalue weighted by Crippen LogP contribution is -2.28. The second-order valence-corrected chi connectivity index (χ2v) is 8.14. The van der Waals surface area contributed by atoms with Crippen LogP contribution in [0.4, 0.5) is 0 Å². The Bertz CT molecular complexity index is 385. The lowest BCUT2D eigenvalue weighted by atomic mass is 9.69. The summed E-state index contributed by atoms with van der Waals surface area (Å²) < 4.78 is 0. The molecular formula is C21H34. The molecule has 2 rings (SSSR count). The van der Waals surface area contributed by atoms with E-state index in [0.717, 1.165) is 29.6 Å². The molecule has 0 aromatic carbocycles. The molecule has 2 fully saturated rings. The van der Waals surface area contributed by atoms with Gasteiger partial charge in [0.15, 0.2) is 0 Å². The van der Waals surface area contributed by atoms with E-state index >= 15 is 0 Å². The highest BCUT2D eigenvalue weighted by Crippen LogP contribution is 2.39. The van der Waals surface area contributed by atoms with Gasteiger partial charge in [0, 0.05) is 11.8 Å². The highest BCUT2D eigenvalue weighted by Gasteiger charge is 2.31. The van der Waals surface area contributed by atoms with Crippen LogP contribution < -0.4 is 0 Å². The fraction of sp³-hybridized carbons (Fsp3) is 0.810. The quantitative estimate of drug-likeness (QED) is 0.413. The fourth-order valence-corrected chi connectivity index (χ4v) is 4.90. The van der Waals surface area contributed by atoms with Crippen molar-refractivity contribution in [2.45, 2.75) is 66.7 Å². The summed E-state index contributed by atoms with van der Waals surface area (Å²) in [6, 6.07) is 0. The van der Waals surface area contributed by atoms with Gasteiger partial charge in [-0.1, -0.05) is 51.7 Å². The molecule has 2 aliphatic carbocycles. The topological polar surface area (TPSA) is 0 Å². The van der Waals surface area contributed by atoms with Crippen molar-refractivity contribution in [1.29, 1.82) is 0 Å². The Hall–Kier alpha value is -0.700. The van der Waals surface area contributed by atoms with Gasteiger partial charge >= 0.3 is 0 Å². The smallest absolute Gasteiger partial charge is 0.0254 e. The minimum atomic E-state index is 0.624. The van der Waals surface area contributed by atoms with Crippen molar-refractivity contribution in [2.75, 3.05) is 0 Å². The van der Waals surface area contributed by atoms with Crippen molar-refractivity contribution in [3.8, 4) is 11.8 Å². The van der Waals surface area contributed by atoms with Crippen LogP contribution in [0.3, 0.4) is 0 Å². The molecule has 0 aromatic rings. The van der Waals surface area contributed by atoms with Gasteiger partial charge in [-0.05, 0) is 68.6 Å². The van der Waals surface area contributed by atoms with Gasteiger partial charge in [-0.15, -0.1) is 0 Å². The van der Waals surface area contributed by atoms with Crippen LogP contribution in [0.15, 0.2) is 12.2 Å². The van der Waals surface area contributed by atoms with Crippen LogP contribution in [-0.2, 0) is 0 Å². The SMILES string of the molecule is C/C=C/C1CC(C)C(C#CC2CC(C)CC(C)C2)C(C)C1. The third-order valence-corrected chi connectivity index (χ3v) is 5.67. The summed E-state index contributed by atoms with van der Waals surface area (Å²) in [6.07, 6.45) is 11.3. The van der Waals surface area contributed by atoms with E-state index in [9.17, 15) is 0 Å². The first kappa shape index (κ1) is 16.7. The first-order valence-corrected chi connectivity index (χ1v) is 9.13. The van der Waals surface area contributed by atoms with Crippen LogP contribution in [0.25, 0.3) is 0 Å². The fourth-order valence-electron chi connectivity index (χ4n) is 4.90. The van der Waals surface area contributed by atoms with Crippen molar-refractivity contribution in [3.63, 3.8) is 0 Å². The van der Waals surface area contributed by atoms with Gasteiger partial charge < -0.3 is 0 Å². The Balaban J connectivity index is 1.98. The van der Waals surface area contributed by atoms with Crippen molar-refractivity contribution in [3.05, 3.63) is 12.2 Å². The van der Waals surface area contributed by atoms with Crippen LogP contribution in [0.5, 0.6) is 0 Å². The van der Waals surface area contributed by atoms with E-state index in [4.69, 9.17) is 0 Å². The summed E-state index contributed by atoms with van der Waals surface area (Å²) in [7, 11) is 0. The standard InChI is InChI=1S/C21H34/c1-6-7-19-13-17(4)21(18(5)14-19)9-8-20-11-15(2)10-16(3)12-20/h6-7,15-21H,10-14H2,1-5H3/b7-6+. The largest absolute Gasteiger partial charge is 0.0996 e. The Morgan fingerprint density at radius 2 is 1.33 bits per heavy atom. The molecule has 2 aliphatic rings. The lowest BCUT2D eigenvalue weighted by Gasteiger charge is -2.35. The van der Waals surface area contributed by atoms with Crippen molar-refractivity contribution >= 4 is 0 Å². The maximum atomic E-state index is 3.72. The molecule has 0 aliphatic heterocycles. The van der Waals surface area contributed by atoms with E-state index in [1.165, 1.54) is 32.1 Å². The molecule has 0 heterocycles. The summed E-state index contributed by atoms with van der Waals surface area (Å²) in [5, 5.41) is 0. The molecule has 2 saturated carbocycles. The molecule has 0 nitrogen and oxygen atoms in total. The minimum absolute atomic E-state index is 0.624. The van der Waals surface area contributed by atoms with Crippen LogP contribution in [0, 0.1) is 53.3 Å². The molecule has 0 saturated heterocycles. The third kappa shape index (κ3) is 4.64. The zero-order valence-corrected chi connectivity index (χ0v) is 14.7. The summed E-state index contributed by atoms with van der Waals surface area (Å²) in [6.45, 7) is 11.8. The maximum Gasteiger partial charge on any atom is 0.0254 e. The van der Waals surface area contributed by atoms with Gasteiger partial charge in [0.25, 0.3) is 0 Å². The first-order valence-electron chi connectivity index (χ1n) is 9.13. The van der Waals surface area contributed by atoms with Gasteiger partial charge in [-0.3, -0.25) is 0 Å². The van der Waals surface area contributed by atoms with E-state index in [-0.39, 0.29) is 0 Å². The number of hydrogen-bond donors (Lipinski definition) is 0. The first-order chi connectivity index (χ1) is 9.99. The van der Waals surface area contributed by atoms with Crippen molar-refractivity contribution in [2.24, 2.45) is 41.4 Å². The molecule has 0 aromatic heterocycles. The maximum absolute atomic E-state index is 3.72. The monoisotopic (exact) mass is 286 g/mol. The number of hydrogen-bond acceptors (Lipinski definition) is 0. The van der Waals surface area contributed by atoms with Crippen LogP contribution in [0.1, 0.15) is 66.7 Å². The molecule has 4 unspecified atom stereocenters. The average Bonchev–Trinajstić information content (AvgIpc) is 2.36. The molecular weight excluding hydrogens is 252 g/mol. The normalized spacial score (nSPS) is 44.3. The second kappa shape index (κ2) is 7.53. The van der Waals surface area contributed by atoms with E-state index in [1.807, 2.05) is 0 Å². The highest BCUT2D eigenvalue weighted by molar-refractivity contribution is 5.12. The van der Waals surface area contributed by atoms with Gasteiger partial charge in [-0.25, -0.2) is 0 Å². The summed E-state index contributed by atoms with van der Waals surface area (Å²) in [4.78, 5) is 0. The Labute approximate surface area is 132 Å². The molecule has 0 heteroatoms. The van der Waals surface area contributed by atoms with Gasteiger partial charge in [0.2, 0.25) is 0 Å². The Morgan fingerprint density at radius 1 is 0.762 bits per heavy atom. The summed E-state index contributed by atoms with van der Waals surface area (Å²) in [5.41, 5.74) is 0. The zero-order valence-electron chi connectivity index (χ0n) is 14.7. The minimum Gasteiger partial charge on any atom is -0.0996 e. The van der Waals surface area contributed by atoms with E-state index < -0.39 is 0 Å². The average molecular weight is 287 g/mol. The third-order valence-electron chi connectivity index (χ3n) is 5.67. The molecule has 0 radical (unpaired) electrons. The van der Waals surface area contributed by atoms with Crippen molar-refractivity contribution in [1.82, 2.24) is 0 Å². The molecule has 0 N–H and O–H groups in total. The predicted octanol–water partition coefficient (Wildman–Crippen LogP) is 5.94. The molecule has 0 bridgehead atoms. The number of rotatable bonds is 1. The molecule has 0 spiro atoms. The highest BCUT2D eigenvalue weighted by atomic mass is 14.3. The van der Waals surface area contributed by atoms with E-state index in [0.29, 0.717) is 11.8 Å². The summed E-state index contributed by atoms with van der Waals surface area (Å²) >= 11 is 0. The molecule has 21 heavy (non-hydrogen) atoms. The van der Waals surface area contributed by atoms with Crippen LogP contribution in [-0.4, -0.2) is 0 Å². The predicted molar refractivity (Wildman–Crippen MR) is 92.8 cm³/mol. The van der Waals surface area contributed by atoms with E-state index in [1.54, 1.807) is 0 Å². The summed E-state index contributed by atoms with van der Waals surface area (Å²) in [5.74, 6) is 12.7. The molecule has 0 amide bonds. The van der Waals surface area contributed by atoms with E-state index in [2.05, 4.69) is 58.6 Å². The molecule has 118 valence electrons.